The first-order chi connectivity index (χ1) is 9.88. The number of benzene rings is 1. The van der Waals surface area contributed by atoms with Crippen molar-refractivity contribution < 1.29 is 0 Å². The minimum absolute atomic E-state index is 0.181. The van der Waals surface area contributed by atoms with Gasteiger partial charge in [0, 0.05) is 12.1 Å². The van der Waals surface area contributed by atoms with E-state index in [1.807, 2.05) is 0 Å². The molecule has 1 N–H and O–H groups in total. The van der Waals surface area contributed by atoms with Gasteiger partial charge in [-0.25, -0.2) is 0 Å². The van der Waals surface area contributed by atoms with Crippen LogP contribution in [0.2, 0.25) is 0 Å². The first kappa shape index (κ1) is 16.1. The van der Waals surface area contributed by atoms with Gasteiger partial charge in [-0.3, -0.25) is 0 Å². The first-order valence-corrected chi connectivity index (χ1v) is 8.28. The third kappa shape index (κ3) is 4.35. The quantitative estimate of drug-likeness (QED) is 0.897. The Labute approximate surface area is 132 Å². The summed E-state index contributed by atoms with van der Waals surface area (Å²) in [5.41, 5.74) is 3.68. The number of hydrogen-bond donors (Lipinski definition) is 1. The molecule has 0 fully saturated rings. The lowest BCUT2D eigenvalue weighted by Gasteiger charge is -2.19. The molecule has 0 unspecified atom stereocenters. The van der Waals surface area contributed by atoms with Crippen molar-refractivity contribution in [3.8, 4) is 11.3 Å². The predicted octanol–water partition coefficient (Wildman–Crippen LogP) is 4.25. The fourth-order valence-electron chi connectivity index (χ4n) is 2.15. The standard InChI is InChI=1S/C17H25N3S/c1-12(2)10-18-11-15-16(19-20-21-15)13-6-8-14(9-7-13)17(3,4)5/h6-9,12,18H,10-11H2,1-5H3. The lowest BCUT2D eigenvalue weighted by Crippen LogP contribution is -2.18. The maximum atomic E-state index is 4.30. The van der Waals surface area contributed by atoms with Crippen molar-refractivity contribution in [1.82, 2.24) is 14.9 Å². The summed E-state index contributed by atoms with van der Waals surface area (Å²) in [7, 11) is 0. The topological polar surface area (TPSA) is 37.8 Å². The Hall–Kier alpha value is -1.26. The SMILES string of the molecule is CC(C)CNCc1snnc1-c1ccc(C(C)(C)C)cc1. The molecule has 1 aromatic heterocycles. The van der Waals surface area contributed by atoms with Crippen LogP contribution in [0, 0.1) is 5.92 Å². The van der Waals surface area contributed by atoms with Crippen LogP contribution in [0.15, 0.2) is 24.3 Å². The summed E-state index contributed by atoms with van der Waals surface area (Å²) in [6, 6.07) is 8.70. The number of nitrogens with one attached hydrogen (secondary N) is 1. The van der Waals surface area contributed by atoms with Gasteiger partial charge in [0.1, 0.15) is 5.69 Å². The van der Waals surface area contributed by atoms with Crippen molar-refractivity contribution in [3.63, 3.8) is 0 Å². The molecule has 0 amide bonds. The van der Waals surface area contributed by atoms with Crippen LogP contribution in [-0.2, 0) is 12.0 Å². The van der Waals surface area contributed by atoms with E-state index in [1.165, 1.54) is 22.0 Å². The summed E-state index contributed by atoms with van der Waals surface area (Å²) in [6.45, 7) is 13.0. The molecule has 2 rings (SSSR count). The van der Waals surface area contributed by atoms with Crippen LogP contribution in [0.4, 0.5) is 0 Å². The van der Waals surface area contributed by atoms with Crippen LogP contribution < -0.4 is 5.32 Å². The fraction of sp³-hybridized carbons (Fsp3) is 0.529. The van der Waals surface area contributed by atoms with Crippen LogP contribution in [-0.4, -0.2) is 16.1 Å². The zero-order valence-corrected chi connectivity index (χ0v) is 14.4. The zero-order valence-electron chi connectivity index (χ0n) is 13.6. The molecule has 4 heteroatoms. The van der Waals surface area contributed by atoms with E-state index in [0.717, 1.165) is 24.3 Å². The van der Waals surface area contributed by atoms with Crippen molar-refractivity contribution >= 4 is 11.5 Å². The highest BCUT2D eigenvalue weighted by atomic mass is 32.1. The Kier molecular flexibility index (Phi) is 5.12. The molecule has 3 nitrogen and oxygen atoms in total. The Morgan fingerprint density at radius 1 is 1.14 bits per heavy atom. The van der Waals surface area contributed by atoms with Gasteiger partial charge in [-0.05, 0) is 35.0 Å². The van der Waals surface area contributed by atoms with E-state index in [9.17, 15) is 0 Å². The summed E-state index contributed by atoms with van der Waals surface area (Å²) in [5.74, 6) is 0.653. The van der Waals surface area contributed by atoms with Crippen LogP contribution in [0.3, 0.4) is 0 Å². The molecular weight excluding hydrogens is 278 g/mol. The minimum atomic E-state index is 0.181. The largest absolute Gasteiger partial charge is 0.311 e. The van der Waals surface area contributed by atoms with Gasteiger partial charge in [0.2, 0.25) is 0 Å². The van der Waals surface area contributed by atoms with Gasteiger partial charge in [0.25, 0.3) is 0 Å². The highest BCUT2D eigenvalue weighted by Gasteiger charge is 2.15. The average Bonchev–Trinajstić information content (AvgIpc) is 2.86. The second-order valence-electron chi connectivity index (χ2n) is 6.90. The van der Waals surface area contributed by atoms with Crippen molar-refractivity contribution in [2.45, 2.75) is 46.6 Å². The second kappa shape index (κ2) is 6.67. The van der Waals surface area contributed by atoms with Crippen LogP contribution in [0.25, 0.3) is 11.3 Å². The van der Waals surface area contributed by atoms with Gasteiger partial charge in [-0.15, -0.1) is 5.10 Å². The summed E-state index contributed by atoms with van der Waals surface area (Å²) < 4.78 is 4.12. The maximum absolute atomic E-state index is 4.30. The summed E-state index contributed by atoms with van der Waals surface area (Å²) in [5, 5.41) is 7.77. The third-order valence-electron chi connectivity index (χ3n) is 3.42. The average molecular weight is 303 g/mol. The molecule has 114 valence electrons. The fourth-order valence-corrected chi connectivity index (χ4v) is 2.78. The second-order valence-corrected chi connectivity index (χ2v) is 7.74. The highest BCUT2D eigenvalue weighted by molar-refractivity contribution is 7.05. The van der Waals surface area contributed by atoms with Crippen molar-refractivity contribution in [2.24, 2.45) is 5.92 Å². The van der Waals surface area contributed by atoms with Gasteiger partial charge in [0.15, 0.2) is 0 Å². The number of nitrogens with zero attached hydrogens (tertiary/aromatic N) is 2. The monoisotopic (exact) mass is 303 g/mol. The van der Waals surface area contributed by atoms with Crippen molar-refractivity contribution in [1.29, 1.82) is 0 Å². The smallest absolute Gasteiger partial charge is 0.110 e. The molecular formula is C17H25N3S. The number of rotatable bonds is 5. The molecule has 1 aromatic carbocycles. The lowest BCUT2D eigenvalue weighted by molar-refractivity contribution is 0.555. The summed E-state index contributed by atoms with van der Waals surface area (Å²) in [4.78, 5) is 1.21. The van der Waals surface area contributed by atoms with Gasteiger partial charge >= 0.3 is 0 Å². The molecule has 0 aliphatic carbocycles. The molecule has 0 spiro atoms. The normalized spacial score (nSPS) is 12.1. The van der Waals surface area contributed by atoms with E-state index in [1.54, 1.807) is 0 Å². The molecule has 0 bridgehead atoms. The van der Waals surface area contributed by atoms with Gasteiger partial charge in [-0.1, -0.05) is 63.4 Å². The maximum Gasteiger partial charge on any atom is 0.110 e. The van der Waals surface area contributed by atoms with Crippen LogP contribution in [0.1, 0.15) is 45.1 Å². The number of hydrogen-bond acceptors (Lipinski definition) is 4. The van der Waals surface area contributed by atoms with Crippen molar-refractivity contribution in [3.05, 3.63) is 34.7 Å². The van der Waals surface area contributed by atoms with E-state index >= 15 is 0 Å². The molecule has 0 aliphatic rings. The molecule has 1 heterocycles. The van der Waals surface area contributed by atoms with Crippen molar-refractivity contribution in [2.75, 3.05) is 6.54 Å². The van der Waals surface area contributed by atoms with Gasteiger partial charge in [-0.2, -0.15) is 0 Å². The number of aromatic nitrogens is 2. The molecule has 0 saturated heterocycles. The van der Waals surface area contributed by atoms with E-state index < -0.39 is 0 Å². The Morgan fingerprint density at radius 2 is 1.81 bits per heavy atom. The Balaban J connectivity index is 2.13. The third-order valence-corrected chi connectivity index (χ3v) is 4.14. The van der Waals surface area contributed by atoms with Gasteiger partial charge in [0.05, 0.1) is 4.88 Å². The van der Waals surface area contributed by atoms with E-state index in [-0.39, 0.29) is 5.41 Å². The molecule has 0 atom stereocenters. The minimum Gasteiger partial charge on any atom is -0.311 e. The van der Waals surface area contributed by atoms with Crippen LogP contribution >= 0.6 is 11.5 Å². The molecule has 0 aliphatic heterocycles. The van der Waals surface area contributed by atoms with Gasteiger partial charge < -0.3 is 5.32 Å². The lowest BCUT2D eigenvalue weighted by atomic mass is 9.86. The van der Waals surface area contributed by atoms with E-state index in [0.29, 0.717) is 5.92 Å². The van der Waals surface area contributed by atoms with Crippen LogP contribution in [0.5, 0.6) is 0 Å². The summed E-state index contributed by atoms with van der Waals surface area (Å²) in [6.07, 6.45) is 0. The Morgan fingerprint density at radius 3 is 2.38 bits per heavy atom. The predicted molar refractivity (Wildman–Crippen MR) is 90.6 cm³/mol. The molecule has 2 aromatic rings. The Bertz CT molecular complexity index is 564. The first-order valence-electron chi connectivity index (χ1n) is 7.51. The molecule has 0 saturated carbocycles. The van der Waals surface area contributed by atoms with E-state index in [2.05, 4.69) is 73.8 Å². The summed E-state index contributed by atoms with van der Waals surface area (Å²) >= 11 is 1.48. The highest BCUT2D eigenvalue weighted by Crippen LogP contribution is 2.28. The molecule has 0 radical (unpaired) electrons. The van der Waals surface area contributed by atoms with E-state index in [4.69, 9.17) is 0 Å². The molecule has 21 heavy (non-hydrogen) atoms. The zero-order chi connectivity index (χ0) is 15.5.